The molecule has 2 heterocycles. The average molecular weight is 279 g/mol. The Kier molecular flexibility index (Phi) is 4.97. The van der Waals surface area contributed by atoms with Gasteiger partial charge in [0.25, 0.3) is 5.91 Å². The molecule has 1 aromatic rings. The zero-order valence-electron chi connectivity index (χ0n) is 10.8. The van der Waals surface area contributed by atoms with Gasteiger partial charge in [-0.3, -0.25) is 4.79 Å². The van der Waals surface area contributed by atoms with Crippen LogP contribution in [0.15, 0.2) is 11.4 Å². The molecule has 2 atom stereocenters. The van der Waals surface area contributed by atoms with Crippen molar-refractivity contribution in [3.05, 3.63) is 21.9 Å². The second kappa shape index (κ2) is 6.71. The summed E-state index contributed by atoms with van der Waals surface area (Å²) in [6, 6.07) is 1.79. The first-order valence-electron chi connectivity index (χ1n) is 6.32. The summed E-state index contributed by atoms with van der Waals surface area (Å²) in [5.41, 5.74) is 0.663. The molecule has 1 fully saturated rings. The number of rotatable bonds is 3. The fourth-order valence-corrected chi connectivity index (χ4v) is 2.83. The number of aliphatic hydroxyl groups excluding tert-OH is 1. The van der Waals surface area contributed by atoms with Crippen LogP contribution in [0.3, 0.4) is 0 Å². The number of aliphatic hydroxyl groups is 1. The lowest BCUT2D eigenvalue weighted by Crippen LogP contribution is -2.40. The molecule has 1 saturated heterocycles. The van der Waals surface area contributed by atoms with Crippen LogP contribution in [0.1, 0.15) is 35.0 Å². The molecule has 5 heteroatoms. The van der Waals surface area contributed by atoms with Gasteiger partial charge in [0.05, 0.1) is 12.1 Å². The zero-order chi connectivity index (χ0) is 13.7. The molecule has 0 spiro atoms. The van der Waals surface area contributed by atoms with Crippen LogP contribution in [0.4, 0.5) is 0 Å². The largest absolute Gasteiger partial charge is 0.384 e. The third-order valence-corrected chi connectivity index (χ3v) is 3.97. The SMILES string of the molecule is CC(NC(=O)c1sccc1C#CCO)C1CCCO1. The Hall–Kier alpha value is -1.35. The molecule has 0 aliphatic carbocycles. The van der Waals surface area contributed by atoms with Crippen molar-refractivity contribution < 1.29 is 14.6 Å². The number of carbonyl (C=O) groups is 1. The molecule has 0 aromatic carbocycles. The Labute approximate surface area is 116 Å². The van der Waals surface area contributed by atoms with Crippen LogP contribution < -0.4 is 5.32 Å². The van der Waals surface area contributed by atoms with Gasteiger partial charge in [-0.1, -0.05) is 11.8 Å². The molecule has 1 amide bonds. The number of hydrogen-bond acceptors (Lipinski definition) is 4. The van der Waals surface area contributed by atoms with E-state index < -0.39 is 0 Å². The van der Waals surface area contributed by atoms with Crippen LogP contribution in [-0.4, -0.2) is 36.4 Å². The van der Waals surface area contributed by atoms with E-state index in [1.165, 1.54) is 11.3 Å². The second-order valence-corrected chi connectivity index (χ2v) is 5.35. The molecule has 19 heavy (non-hydrogen) atoms. The van der Waals surface area contributed by atoms with Gasteiger partial charge in [-0.15, -0.1) is 11.3 Å². The smallest absolute Gasteiger partial charge is 0.262 e. The third kappa shape index (κ3) is 3.57. The van der Waals surface area contributed by atoms with E-state index in [0.29, 0.717) is 10.4 Å². The van der Waals surface area contributed by atoms with Crippen LogP contribution >= 0.6 is 11.3 Å². The second-order valence-electron chi connectivity index (χ2n) is 4.44. The molecular formula is C14H17NO3S. The Morgan fingerprint density at radius 2 is 2.58 bits per heavy atom. The van der Waals surface area contributed by atoms with Crippen LogP contribution in [0.5, 0.6) is 0 Å². The van der Waals surface area contributed by atoms with E-state index in [9.17, 15) is 4.79 Å². The van der Waals surface area contributed by atoms with Gasteiger partial charge in [0.2, 0.25) is 0 Å². The number of nitrogens with one attached hydrogen (secondary N) is 1. The first-order valence-corrected chi connectivity index (χ1v) is 7.20. The van der Waals surface area contributed by atoms with Crippen LogP contribution in [-0.2, 0) is 4.74 Å². The summed E-state index contributed by atoms with van der Waals surface area (Å²) in [7, 11) is 0. The molecule has 102 valence electrons. The fraction of sp³-hybridized carbons (Fsp3) is 0.500. The highest BCUT2D eigenvalue weighted by molar-refractivity contribution is 7.12. The maximum absolute atomic E-state index is 12.2. The summed E-state index contributed by atoms with van der Waals surface area (Å²) in [6.45, 7) is 2.53. The fourth-order valence-electron chi connectivity index (χ4n) is 2.08. The van der Waals surface area contributed by atoms with E-state index >= 15 is 0 Å². The first-order chi connectivity index (χ1) is 9.22. The lowest BCUT2D eigenvalue weighted by molar-refractivity contribution is 0.0714. The Balaban J connectivity index is 2.01. The van der Waals surface area contributed by atoms with Crippen molar-refractivity contribution in [2.75, 3.05) is 13.2 Å². The molecular weight excluding hydrogens is 262 g/mol. The lowest BCUT2D eigenvalue weighted by atomic mass is 10.1. The zero-order valence-corrected chi connectivity index (χ0v) is 11.6. The van der Waals surface area contributed by atoms with Gasteiger partial charge in [-0.2, -0.15) is 0 Å². The Bertz CT molecular complexity index is 494. The van der Waals surface area contributed by atoms with Crippen molar-refractivity contribution in [2.24, 2.45) is 0 Å². The maximum Gasteiger partial charge on any atom is 0.262 e. The molecule has 1 aliphatic heterocycles. The number of carbonyl (C=O) groups excluding carboxylic acids is 1. The highest BCUT2D eigenvalue weighted by Gasteiger charge is 2.24. The number of amides is 1. The van der Waals surface area contributed by atoms with Gasteiger partial charge in [0.15, 0.2) is 0 Å². The minimum Gasteiger partial charge on any atom is -0.384 e. The van der Waals surface area contributed by atoms with E-state index in [2.05, 4.69) is 17.2 Å². The highest BCUT2D eigenvalue weighted by Crippen LogP contribution is 2.18. The third-order valence-electron chi connectivity index (χ3n) is 3.05. The van der Waals surface area contributed by atoms with Crippen LogP contribution in [0.25, 0.3) is 0 Å². The molecule has 4 nitrogen and oxygen atoms in total. The molecule has 0 saturated carbocycles. The summed E-state index contributed by atoms with van der Waals surface area (Å²) >= 11 is 1.36. The van der Waals surface area contributed by atoms with Gasteiger partial charge >= 0.3 is 0 Å². The van der Waals surface area contributed by atoms with Crippen molar-refractivity contribution in [3.63, 3.8) is 0 Å². The highest BCUT2D eigenvalue weighted by atomic mass is 32.1. The molecule has 0 radical (unpaired) electrons. The average Bonchev–Trinajstić information content (AvgIpc) is 3.07. The Morgan fingerprint density at radius 1 is 1.74 bits per heavy atom. The molecule has 0 bridgehead atoms. The van der Waals surface area contributed by atoms with Crippen LogP contribution in [0, 0.1) is 11.8 Å². The number of thiophene rings is 1. The van der Waals surface area contributed by atoms with E-state index in [-0.39, 0.29) is 24.7 Å². The summed E-state index contributed by atoms with van der Waals surface area (Å²) in [6.07, 6.45) is 2.15. The van der Waals surface area contributed by atoms with Gasteiger partial charge in [0.1, 0.15) is 11.5 Å². The quantitative estimate of drug-likeness (QED) is 0.822. The lowest BCUT2D eigenvalue weighted by Gasteiger charge is -2.19. The normalized spacial score (nSPS) is 19.6. The van der Waals surface area contributed by atoms with E-state index in [1.54, 1.807) is 6.07 Å². The molecule has 2 N–H and O–H groups in total. The topological polar surface area (TPSA) is 58.6 Å². The molecule has 1 aliphatic rings. The summed E-state index contributed by atoms with van der Waals surface area (Å²) in [5.74, 6) is 5.22. The molecule has 2 unspecified atom stereocenters. The predicted octanol–water partition coefficient (Wildman–Crippen LogP) is 1.39. The van der Waals surface area contributed by atoms with Crippen LogP contribution in [0.2, 0.25) is 0 Å². The van der Waals surface area contributed by atoms with Gasteiger partial charge in [-0.25, -0.2) is 0 Å². The summed E-state index contributed by atoms with van der Waals surface area (Å²) < 4.78 is 5.56. The van der Waals surface area contributed by atoms with Crippen molar-refractivity contribution in [1.82, 2.24) is 5.32 Å². The molecule has 1 aromatic heterocycles. The minimum absolute atomic E-state index is 0.00393. The van der Waals surface area contributed by atoms with Crippen molar-refractivity contribution in [2.45, 2.75) is 31.9 Å². The number of ether oxygens (including phenoxy) is 1. The van der Waals surface area contributed by atoms with Gasteiger partial charge in [-0.05, 0) is 31.2 Å². The standard InChI is InChI=1S/C14H17NO3S/c1-10(12-5-3-8-18-12)15-14(17)13-11(4-2-7-16)6-9-19-13/h6,9-10,12,16H,3,5,7-8H2,1H3,(H,15,17). The van der Waals surface area contributed by atoms with Crippen molar-refractivity contribution >= 4 is 17.2 Å². The van der Waals surface area contributed by atoms with Crippen molar-refractivity contribution in [3.8, 4) is 11.8 Å². The summed E-state index contributed by atoms with van der Waals surface area (Å²) in [4.78, 5) is 12.8. The van der Waals surface area contributed by atoms with Gasteiger partial charge in [0, 0.05) is 12.2 Å². The van der Waals surface area contributed by atoms with Crippen molar-refractivity contribution in [1.29, 1.82) is 0 Å². The first kappa shape index (κ1) is 14.1. The molecule has 2 rings (SSSR count). The van der Waals surface area contributed by atoms with E-state index in [0.717, 1.165) is 19.4 Å². The number of hydrogen-bond donors (Lipinski definition) is 2. The maximum atomic E-state index is 12.2. The van der Waals surface area contributed by atoms with Gasteiger partial charge < -0.3 is 15.2 Å². The Morgan fingerprint density at radius 3 is 3.26 bits per heavy atom. The van der Waals surface area contributed by atoms with E-state index in [4.69, 9.17) is 9.84 Å². The van der Waals surface area contributed by atoms with E-state index in [1.807, 2.05) is 12.3 Å². The monoisotopic (exact) mass is 279 g/mol. The summed E-state index contributed by atoms with van der Waals surface area (Å²) in [5, 5.41) is 13.5. The minimum atomic E-state index is -0.205. The predicted molar refractivity (Wildman–Crippen MR) is 74.2 cm³/mol.